The monoisotopic (exact) mass is 285 g/mol. The molecule has 1 aromatic carbocycles. The standard InChI is InChI=1S/C16H19N3O2/c1-2-12-4-5-14-13(10-12)11-17-19(14)9-3-8-18-15(20)6-7-16(18)21/h4-5,10-11H,2-3,6-9H2,1H3. The van der Waals surface area contributed by atoms with Crippen molar-refractivity contribution in [2.75, 3.05) is 6.54 Å². The molecule has 5 heteroatoms. The molecule has 3 rings (SSSR count). The van der Waals surface area contributed by atoms with Crippen LogP contribution in [0.3, 0.4) is 0 Å². The van der Waals surface area contributed by atoms with Crippen molar-refractivity contribution in [3.8, 4) is 0 Å². The maximum absolute atomic E-state index is 11.5. The number of amides is 2. The van der Waals surface area contributed by atoms with E-state index in [2.05, 4.69) is 30.2 Å². The lowest BCUT2D eigenvalue weighted by atomic mass is 10.1. The highest BCUT2D eigenvalue weighted by Gasteiger charge is 2.27. The van der Waals surface area contributed by atoms with Gasteiger partial charge in [-0.05, 0) is 30.5 Å². The summed E-state index contributed by atoms with van der Waals surface area (Å²) in [5, 5.41) is 5.54. The van der Waals surface area contributed by atoms with Gasteiger partial charge in [0.05, 0.1) is 11.7 Å². The number of benzene rings is 1. The molecule has 110 valence electrons. The van der Waals surface area contributed by atoms with Gasteiger partial charge in [-0.15, -0.1) is 0 Å². The number of carbonyl (C=O) groups excluding carboxylic acids is 2. The van der Waals surface area contributed by atoms with Gasteiger partial charge in [-0.3, -0.25) is 19.2 Å². The zero-order chi connectivity index (χ0) is 14.8. The Balaban J connectivity index is 1.65. The molecule has 0 atom stereocenters. The molecule has 0 spiro atoms. The molecule has 2 aromatic rings. The summed E-state index contributed by atoms with van der Waals surface area (Å²) >= 11 is 0. The van der Waals surface area contributed by atoms with Gasteiger partial charge >= 0.3 is 0 Å². The molecule has 2 heterocycles. The van der Waals surface area contributed by atoms with Gasteiger partial charge in [0.25, 0.3) is 0 Å². The van der Waals surface area contributed by atoms with Crippen LogP contribution < -0.4 is 0 Å². The highest BCUT2D eigenvalue weighted by Crippen LogP contribution is 2.17. The van der Waals surface area contributed by atoms with Crippen LogP contribution in [0.25, 0.3) is 10.9 Å². The minimum Gasteiger partial charge on any atom is -0.283 e. The molecule has 1 aliphatic heterocycles. The molecular weight excluding hydrogens is 266 g/mol. The van der Waals surface area contributed by atoms with Crippen molar-refractivity contribution in [2.45, 2.75) is 39.2 Å². The van der Waals surface area contributed by atoms with Crippen LogP contribution in [0, 0.1) is 0 Å². The maximum Gasteiger partial charge on any atom is 0.229 e. The van der Waals surface area contributed by atoms with Crippen LogP contribution in [0.4, 0.5) is 0 Å². The van der Waals surface area contributed by atoms with Gasteiger partial charge in [0.1, 0.15) is 0 Å². The first-order valence-electron chi connectivity index (χ1n) is 7.46. The van der Waals surface area contributed by atoms with E-state index in [0.29, 0.717) is 25.9 Å². The summed E-state index contributed by atoms with van der Waals surface area (Å²) < 4.78 is 1.94. The molecular formula is C16H19N3O2. The maximum atomic E-state index is 11.5. The van der Waals surface area contributed by atoms with E-state index in [4.69, 9.17) is 0 Å². The van der Waals surface area contributed by atoms with Crippen LogP contribution in [0.2, 0.25) is 0 Å². The van der Waals surface area contributed by atoms with Gasteiger partial charge in [0.2, 0.25) is 11.8 Å². The molecule has 0 N–H and O–H groups in total. The highest BCUT2D eigenvalue weighted by molar-refractivity contribution is 6.01. The van der Waals surface area contributed by atoms with Crippen molar-refractivity contribution in [2.24, 2.45) is 0 Å². The van der Waals surface area contributed by atoms with Gasteiger partial charge in [0.15, 0.2) is 0 Å². The van der Waals surface area contributed by atoms with Gasteiger partial charge < -0.3 is 0 Å². The number of rotatable bonds is 5. The normalized spacial score (nSPS) is 15.4. The molecule has 0 aliphatic carbocycles. The van der Waals surface area contributed by atoms with E-state index in [9.17, 15) is 9.59 Å². The molecule has 1 fully saturated rings. The second kappa shape index (κ2) is 5.68. The van der Waals surface area contributed by atoms with Crippen LogP contribution >= 0.6 is 0 Å². The third kappa shape index (κ3) is 2.68. The number of imide groups is 1. The summed E-state index contributed by atoms with van der Waals surface area (Å²) in [6.45, 7) is 3.34. The number of nitrogens with zero attached hydrogens (tertiary/aromatic N) is 3. The lowest BCUT2D eigenvalue weighted by molar-refractivity contribution is -0.138. The Morgan fingerprint density at radius 3 is 2.62 bits per heavy atom. The molecule has 2 amide bonds. The van der Waals surface area contributed by atoms with E-state index in [-0.39, 0.29) is 11.8 Å². The molecule has 0 radical (unpaired) electrons. The van der Waals surface area contributed by atoms with Gasteiger partial charge in [-0.1, -0.05) is 13.0 Å². The fourth-order valence-electron chi connectivity index (χ4n) is 2.79. The third-order valence-electron chi connectivity index (χ3n) is 4.02. The van der Waals surface area contributed by atoms with E-state index >= 15 is 0 Å². The Labute approximate surface area is 123 Å². The molecule has 0 bridgehead atoms. The lowest BCUT2D eigenvalue weighted by Gasteiger charge is -2.13. The number of hydrogen-bond acceptors (Lipinski definition) is 3. The Kier molecular flexibility index (Phi) is 3.73. The summed E-state index contributed by atoms with van der Waals surface area (Å²) in [6.07, 6.45) is 4.36. The van der Waals surface area contributed by atoms with E-state index in [1.807, 2.05) is 10.9 Å². The molecule has 21 heavy (non-hydrogen) atoms. The van der Waals surface area contributed by atoms with Crippen molar-refractivity contribution in [1.82, 2.24) is 14.7 Å². The summed E-state index contributed by atoms with van der Waals surface area (Å²) in [4.78, 5) is 24.5. The average Bonchev–Trinajstić information content (AvgIpc) is 3.04. The quantitative estimate of drug-likeness (QED) is 0.791. The summed E-state index contributed by atoms with van der Waals surface area (Å²) in [5.74, 6) is -0.0872. The number of fused-ring (bicyclic) bond motifs is 1. The summed E-state index contributed by atoms with van der Waals surface area (Å²) in [5.41, 5.74) is 2.40. The van der Waals surface area contributed by atoms with Crippen molar-refractivity contribution in [3.05, 3.63) is 30.0 Å². The first-order chi connectivity index (χ1) is 10.2. The summed E-state index contributed by atoms with van der Waals surface area (Å²) in [7, 11) is 0. The van der Waals surface area contributed by atoms with Crippen molar-refractivity contribution >= 4 is 22.7 Å². The first-order valence-corrected chi connectivity index (χ1v) is 7.46. The predicted molar refractivity (Wildman–Crippen MR) is 79.7 cm³/mol. The molecule has 0 unspecified atom stereocenters. The van der Waals surface area contributed by atoms with Gasteiger partial charge in [0, 0.05) is 31.3 Å². The average molecular weight is 285 g/mol. The number of aromatic nitrogens is 2. The minimum atomic E-state index is -0.0436. The van der Waals surface area contributed by atoms with Crippen molar-refractivity contribution in [3.63, 3.8) is 0 Å². The van der Waals surface area contributed by atoms with E-state index in [1.54, 1.807) is 0 Å². The Morgan fingerprint density at radius 1 is 1.14 bits per heavy atom. The molecule has 0 saturated carbocycles. The van der Waals surface area contributed by atoms with Crippen LogP contribution in [0.1, 0.15) is 31.7 Å². The SMILES string of the molecule is CCc1ccc2c(cnn2CCCN2C(=O)CCC2=O)c1. The number of aryl methyl sites for hydroxylation is 2. The van der Waals surface area contributed by atoms with Gasteiger partial charge in [-0.2, -0.15) is 5.10 Å². The van der Waals surface area contributed by atoms with Crippen LogP contribution in [0.15, 0.2) is 24.4 Å². The Morgan fingerprint density at radius 2 is 1.90 bits per heavy atom. The first kappa shape index (κ1) is 13.8. The second-order valence-electron chi connectivity index (χ2n) is 5.41. The minimum absolute atomic E-state index is 0.0436. The lowest BCUT2D eigenvalue weighted by Crippen LogP contribution is -2.30. The second-order valence-corrected chi connectivity index (χ2v) is 5.41. The number of likely N-dealkylation sites (tertiary alicyclic amines) is 1. The number of hydrogen-bond donors (Lipinski definition) is 0. The fourth-order valence-corrected chi connectivity index (χ4v) is 2.79. The predicted octanol–water partition coefficient (Wildman–Crippen LogP) is 2.14. The molecule has 1 saturated heterocycles. The van der Waals surface area contributed by atoms with Crippen LogP contribution in [-0.2, 0) is 22.6 Å². The molecule has 5 nitrogen and oxygen atoms in total. The largest absolute Gasteiger partial charge is 0.283 e. The molecule has 1 aromatic heterocycles. The van der Waals surface area contributed by atoms with Crippen LogP contribution in [-0.4, -0.2) is 33.0 Å². The Bertz CT molecular complexity index is 674. The highest BCUT2D eigenvalue weighted by atomic mass is 16.2. The van der Waals surface area contributed by atoms with Crippen LogP contribution in [0.5, 0.6) is 0 Å². The third-order valence-corrected chi connectivity index (χ3v) is 4.02. The zero-order valence-electron chi connectivity index (χ0n) is 12.2. The van der Waals surface area contributed by atoms with Crippen molar-refractivity contribution < 1.29 is 9.59 Å². The van der Waals surface area contributed by atoms with E-state index in [1.165, 1.54) is 10.5 Å². The Hall–Kier alpha value is -2.17. The van der Waals surface area contributed by atoms with Crippen molar-refractivity contribution in [1.29, 1.82) is 0 Å². The summed E-state index contributed by atoms with van der Waals surface area (Å²) in [6, 6.07) is 6.37. The van der Waals surface area contributed by atoms with E-state index < -0.39 is 0 Å². The topological polar surface area (TPSA) is 55.2 Å². The smallest absolute Gasteiger partial charge is 0.229 e. The number of carbonyl (C=O) groups is 2. The zero-order valence-corrected chi connectivity index (χ0v) is 12.2. The van der Waals surface area contributed by atoms with E-state index in [0.717, 1.165) is 23.7 Å². The van der Waals surface area contributed by atoms with Gasteiger partial charge in [-0.25, -0.2) is 0 Å². The molecule has 1 aliphatic rings. The fraction of sp³-hybridized carbons (Fsp3) is 0.438.